The Balaban J connectivity index is 1.80. The smallest absolute Gasteiger partial charge is 0.278 e. The van der Waals surface area contributed by atoms with Gasteiger partial charge in [-0.2, -0.15) is 0 Å². The number of nitrogens with one attached hydrogen (secondary N) is 1. The van der Waals surface area contributed by atoms with Crippen LogP contribution >= 0.6 is 11.6 Å². The summed E-state index contributed by atoms with van der Waals surface area (Å²) in [4.78, 5) is 30.5. The number of amides is 1. The fourth-order valence-corrected chi connectivity index (χ4v) is 3.95. The van der Waals surface area contributed by atoms with Gasteiger partial charge < -0.3 is 9.88 Å². The summed E-state index contributed by atoms with van der Waals surface area (Å²) < 4.78 is 17.0. The minimum absolute atomic E-state index is 0.0588. The molecule has 0 unspecified atom stereocenters. The van der Waals surface area contributed by atoms with Crippen LogP contribution in [0.25, 0.3) is 21.9 Å². The molecule has 6 nitrogen and oxygen atoms in total. The van der Waals surface area contributed by atoms with Crippen molar-refractivity contribution in [3.8, 4) is 0 Å². The second-order valence-electron chi connectivity index (χ2n) is 8.25. The van der Waals surface area contributed by atoms with E-state index in [4.69, 9.17) is 11.6 Å². The molecule has 2 aromatic carbocycles. The molecule has 0 saturated carbocycles. The molecule has 0 bridgehead atoms. The third-order valence-corrected chi connectivity index (χ3v) is 5.80. The van der Waals surface area contributed by atoms with E-state index in [1.807, 2.05) is 18.2 Å². The fourth-order valence-electron chi connectivity index (χ4n) is 3.76. The summed E-state index contributed by atoms with van der Waals surface area (Å²) in [6.45, 7) is 4.90. The molecule has 0 aliphatic heterocycles. The number of aromatic nitrogens is 3. The van der Waals surface area contributed by atoms with Crippen molar-refractivity contribution in [1.82, 2.24) is 19.4 Å². The average Bonchev–Trinajstić information content (AvgIpc) is 3.04. The number of carbonyl (C=O) groups excluding carboxylic acids is 1. The summed E-state index contributed by atoms with van der Waals surface area (Å²) in [6.07, 6.45) is 2.29. The number of hydrogen-bond acceptors (Lipinski definition) is 3. The lowest BCUT2D eigenvalue weighted by atomic mass is 10.1. The molecule has 2 heterocycles. The van der Waals surface area contributed by atoms with E-state index in [1.54, 1.807) is 16.7 Å². The van der Waals surface area contributed by atoms with E-state index in [9.17, 15) is 14.0 Å². The van der Waals surface area contributed by atoms with E-state index in [0.29, 0.717) is 33.9 Å². The van der Waals surface area contributed by atoms with E-state index in [0.717, 1.165) is 12.0 Å². The van der Waals surface area contributed by atoms with Crippen LogP contribution in [-0.4, -0.2) is 26.6 Å². The predicted molar refractivity (Wildman–Crippen MR) is 124 cm³/mol. The molecule has 166 valence electrons. The molecule has 2 aromatic heterocycles. The second kappa shape index (κ2) is 9.12. The van der Waals surface area contributed by atoms with Crippen LogP contribution in [0, 0.1) is 11.7 Å². The molecule has 0 atom stereocenters. The Morgan fingerprint density at radius 3 is 2.75 bits per heavy atom. The van der Waals surface area contributed by atoms with Gasteiger partial charge in [0.2, 0.25) is 5.91 Å². The topological polar surface area (TPSA) is 68.9 Å². The lowest BCUT2D eigenvalue weighted by molar-refractivity contribution is -0.121. The molecule has 0 aliphatic carbocycles. The molecule has 0 spiro atoms. The minimum atomic E-state index is -0.431. The molecule has 1 N–H and O–H groups in total. The molecule has 1 amide bonds. The van der Waals surface area contributed by atoms with E-state index < -0.39 is 5.82 Å². The Bertz CT molecular complexity index is 1360. The van der Waals surface area contributed by atoms with Crippen molar-refractivity contribution in [3.05, 3.63) is 75.5 Å². The van der Waals surface area contributed by atoms with Gasteiger partial charge in [-0.25, -0.2) is 9.37 Å². The molecule has 8 heteroatoms. The summed E-state index contributed by atoms with van der Waals surface area (Å²) in [7, 11) is 0. The number of halogens is 2. The van der Waals surface area contributed by atoms with Crippen molar-refractivity contribution >= 4 is 39.4 Å². The highest BCUT2D eigenvalue weighted by Gasteiger charge is 2.19. The zero-order valence-corrected chi connectivity index (χ0v) is 18.7. The molecule has 0 saturated heterocycles. The van der Waals surface area contributed by atoms with Crippen LogP contribution in [0.5, 0.6) is 0 Å². The third-order valence-electron chi connectivity index (χ3n) is 5.43. The van der Waals surface area contributed by atoms with Crippen molar-refractivity contribution in [3.63, 3.8) is 0 Å². The average molecular weight is 455 g/mol. The van der Waals surface area contributed by atoms with Gasteiger partial charge in [0, 0.05) is 17.0 Å². The first-order valence-electron chi connectivity index (χ1n) is 10.5. The normalized spacial score (nSPS) is 11.5. The third kappa shape index (κ3) is 4.39. The van der Waals surface area contributed by atoms with Crippen LogP contribution in [0.3, 0.4) is 0 Å². The number of benzene rings is 2. The maximum absolute atomic E-state index is 14.0. The minimum Gasteiger partial charge on any atom is -0.355 e. The van der Waals surface area contributed by atoms with Crippen LogP contribution in [-0.2, 0) is 17.9 Å². The van der Waals surface area contributed by atoms with Crippen LogP contribution in [0.1, 0.15) is 25.8 Å². The van der Waals surface area contributed by atoms with E-state index in [2.05, 4.69) is 24.1 Å². The van der Waals surface area contributed by atoms with Crippen LogP contribution < -0.4 is 10.9 Å². The maximum Gasteiger partial charge on any atom is 0.278 e. The molecule has 4 aromatic rings. The lowest BCUT2D eigenvalue weighted by Gasteiger charge is -2.11. The summed E-state index contributed by atoms with van der Waals surface area (Å²) in [6, 6.07) is 11.5. The number of hydrogen-bond donors (Lipinski definition) is 1. The Labute approximate surface area is 189 Å². The van der Waals surface area contributed by atoms with Gasteiger partial charge in [-0.3, -0.25) is 14.2 Å². The molecular formula is C24H24ClFN4O2. The lowest BCUT2D eigenvalue weighted by Crippen LogP contribution is -2.30. The number of rotatable bonds is 7. The van der Waals surface area contributed by atoms with Crippen LogP contribution in [0.15, 0.2) is 53.6 Å². The first-order valence-corrected chi connectivity index (χ1v) is 10.9. The molecule has 4 rings (SSSR count). The Hall–Kier alpha value is -3.19. The first kappa shape index (κ1) is 22.0. The van der Waals surface area contributed by atoms with Gasteiger partial charge in [-0.1, -0.05) is 43.6 Å². The highest BCUT2D eigenvalue weighted by atomic mass is 35.5. The van der Waals surface area contributed by atoms with Gasteiger partial charge in [0.05, 0.1) is 18.4 Å². The van der Waals surface area contributed by atoms with Crippen molar-refractivity contribution in [2.24, 2.45) is 5.92 Å². The SMILES string of the molecule is CC(C)CCNC(=O)Cn1c2ccc(F)cc2c2ncn(Cc3ccccc3Cl)c(=O)c21. The van der Waals surface area contributed by atoms with E-state index >= 15 is 0 Å². The van der Waals surface area contributed by atoms with Crippen LogP contribution in [0.4, 0.5) is 4.39 Å². The van der Waals surface area contributed by atoms with Crippen molar-refractivity contribution in [2.45, 2.75) is 33.4 Å². The molecule has 32 heavy (non-hydrogen) atoms. The molecular weight excluding hydrogens is 431 g/mol. The van der Waals surface area contributed by atoms with Crippen molar-refractivity contribution < 1.29 is 9.18 Å². The molecule has 0 fully saturated rings. The highest BCUT2D eigenvalue weighted by molar-refractivity contribution is 6.31. The molecule has 0 radical (unpaired) electrons. The Morgan fingerprint density at radius 1 is 1.22 bits per heavy atom. The quantitative estimate of drug-likeness (QED) is 0.451. The zero-order valence-electron chi connectivity index (χ0n) is 17.9. The summed E-state index contributed by atoms with van der Waals surface area (Å²) in [5.74, 6) is -0.178. The Morgan fingerprint density at radius 2 is 2.00 bits per heavy atom. The van der Waals surface area contributed by atoms with Gasteiger partial charge in [-0.15, -0.1) is 0 Å². The number of fused-ring (bicyclic) bond motifs is 3. The Kier molecular flexibility index (Phi) is 6.28. The van der Waals surface area contributed by atoms with E-state index in [-0.39, 0.29) is 30.1 Å². The summed E-state index contributed by atoms with van der Waals surface area (Å²) >= 11 is 6.26. The van der Waals surface area contributed by atoms with Crippen LogP contribution in [0.2, 0.25) is 5.02 Å². The van der Waals surface area contributed by atoms with Gasteiger partial charge in [-0.05, 0) is 42.2 Å². The zero-order chi connectivity index (χ0) is 22.8. The van der Waals surface area contributed by atoms with Gasteiger partial charge in [0.25, 0.3) is 5.56 Å². The monoisotopic (exact) mass is 454 g/mol. The maximum atomic E-state index is 14.0. The summed E-state index contributed by atoms with van der Waals surface area (Å²) in [5.41, 5.74) is 1.67. The fraction of sp³-hybridized carbons (Fsp3) is 0.292. The number of nitrogens with zero attached hydrogens (tertiary/aromatic N) is 3. The largest absolute Gasteiger partial charge is 0.355 e. The van der Waals surface area contributed by atoms with Gasteiger partial charge >= 0.3 is 0 Å². The standard InChI is InChI=1S/C24H24ClFN4O2/c1-15(2)9-10-27-21(31)13-30-20-8-7-17(26)11-18(20)22-23(30)24(32)29(14-28-22)12-16-5-3-4-6-19(16)25/h3-8,11,14-15H,9-10,12-13H2,1-2H3,(H,27,31). The number of carbonyl (C=O) groups is 1. The molecule has 0 aliphatic rings. The first-order chi connectivity index (χ1) is 15.3. The van der Waals surface area contributed by atoms with Crippen molar-refractivity contribution in [1.29, 1.82) is 0 Å². The highest BCUT2D eigenvalue weighted by Crippen LogP contribution is 2.26. The van der Waals surface area contributed by atoms with E-state index in [1.165, 1.54) is 23.0 Å². The van der Waals surface area contributed by atoms with Gasteiger partial charge in [0.15, 0.2) is 0 Å². The second-order valence-corrected chi connectivity index (χ2v) is 8.65. The summed E-state index contributed by atoms with van der Waals surface area (Å²) in [5, 5.41) is 3.94. The van der Waals surface area contributed by atoms with Gasteiger partial charge in [0.1, 0.15) is 23.4 Å². The predicted octanol–water partition coefficient (Wildman–Crippen LogP) is 4.35. The van der Waals surface area contributed by atoms with Crippen molar-refractivity contribution in [2.75, 3.05) is 6.54 Å².